The third-order valence-corrected chi connectivity index (χ3v) is 4.67. The number of hydrogen-bond donors (Lipinski definition) is 2. The molecule has 1 amide bonds. The van der Waals surface area contributed by atoms with Crippen LogP contribution < -0.4 is 11.1 Å². The summed E-state index contributed by atoms with van der Waals surface area (Å²) in [6.07, 6.45) is 0. The number of halogens is 2. The predicted octanol–water partition coefficient (Wildman–Crippen LogP) is 3.51. The van der Waals surface area contributed by atoms with E-state index >= 15 is 0 Å². The van der Waals surface area contributed by atoms with Crippen LogP contribution in [-0.4, -0.2) is 20.7 Å². The van der Waals surface area contributed by atoms with E-state index in [-0.39, 0.29) is 5.57 Å². The number of amides is 1. The number of nitrogens with two attached hydrogens (primary N) is 1. The van der Waals surface area contributed by atoms with Gasteiger partial charge in [-0.05, 0) is 37.3 Å². The first-order chi connectivity index (χ1) is 13.0. The fourth-order valence-electron chi connectivity index (χ4n) is 3.18. The van der Waals surface area contributed by atoms with Crippen LogP contribution in [0.2, 0.25) is 5.02 Å². The lowest BCUT2D eigenvalue weighted by Crippen LogP contribution is -2.32. The van der Waals surface area contributed by atoms with E-state index in [1.54, 1.807) is 49.4 Å². The molecule has 0 bridgehead atoms. The molecule has 1 aliphatic rings. The number of aromatic nitrogens is 3. The monoisotopic (exact) mass is 383 g/mol. The number of allylic oxidation sites excluding steroid dienone is 1. The zero-order valence-electron chi connectivity index (χ0n) is 14.3. The van der Waals surface area contributed by atoms with E-state index in [4.69, 9.17) is 17.3 Å². The minimum atomic E-state index is -0.812. The number of nitrogens with zero attached hydrogens (tertiary/aromatic N) is 3. The summed E-state index contributed by atoms with van der Waals surface area (Å²) >= 11 is 5.94. The highest BCUT2D eigenvalue weighted by Gasteiger charge is 2.34. The zero-order valence-corrected chi connectivity index (χ0v) is 15.0. The molecule has 136 valence electrons. The molecule has 2 heterocycles. The summed E-state index contributed by atoms with van der Waals surface area (Å²) in [6.45, 7) is 1.70. The Labute approximate surface area is 159 Å². The summed E-state index contributed by atoms with van der Waals surface area (Å²) in [4.78, 5) is 16.6. The lowest BCUT2D eigenvalue weighted by atomic mass is 9.95. The van der Waals surface area contributed by atoms with Gasteiger partial charge in [-0.1, -0.05) is 29.8 Å². The molecule has 0 saturated carbocycles. The van der Waals surface area contributed by atoms with Crippen LogP contribution in [-0.2, 0) is 4.79 Å². The van der Waals surface area contributed by atoms with Gasteiger partial charge in [-0.15, -0.1) is 5.10 Å². The summed E-state index contributed by atoms with van der Waals surface area (Å²) < 4.78 is 16.0. The molecule has 3 N–H and O–H groups in total. The van der Waals surface area contributed by atoms with Crippen LogP contribution in [0, 0.1) is 5.82 Å². The molecule has 0 saturated heterocycles. The minimum absolute atomic E-state index is 0.236. The van der Waals surface area contributed by atoms with E-state index in [2.05, 4.69) is 15.4 Å². The summed E-state index contributed by atoms with van der Waals surface area (Å²) in [5, 5.41) is 8.14. The summed E-state index contributed by atoms with van der Waals surface area (Å²) in [6, 6.07) is 12.5. The molecule has 0 fully saturated rings. The third kappa shape index (κ3) is 2.96. The minimum Gasteiger partial charge on any atom is -0.366 e. The number of primary amides is 1. The molecule has 0 spiro atoms. The fourth-order valence-corrected chi connectivity index (χ4v) is 3.30. The molecule has 0 aliphatic carbocycles. The van der Waals surface area contributed by atoms with Crippen molar-refractivity contribution in [2.45, 2.75) is 13.0 Å². The first-order valence-corrected chi connectivity index (χ1v) is 8.58. The summed E-state index contributed by atoms with van der Waals surface area (Å²) in [5.74, 6) is -0.280. The number of nitrogens with one attached hydrogen (secondary N) is 1. The van der Waals surface area contributed by atoms with Crippen molar-refractivity contribution in [3.63, 3.8) is 0 Å². The lowest BCUT2D eigenvalue weighted by Gasteiger charge is -2.27. The Kier molecular flexibility index (Phi) is 4.16. The predicted molar refractivity (Wildman–Crippen MR) is 101 cm³/mol. The Bertz CT molecular complexity index is 1070. The Morgan fingerprint density at radius 1 is 1.22 bits per heavy atom. The third-order valence-electron chi connectivity index (χ3n) is 4.42. The average molecular weight is 384 g/mol. The fraction of sp³-hybridized carbons (Fsp3) is 0.105. The number of anilines is 1. The molecule has 1 aliphatic heterocycles. The second kappa shape index (κ2) is 6.51. The van der Waals surface area contributed by atoms with Crippen molar-refractivity contribution in [1.29, 1.82) is 0 Å². The van der Waals surface area contributed by atoms with Gasteiger partial charge in [0.1, 0.15) is 11.9 Å². The van der Waals surface area contributed by atoms with E-state index < -0.39 is 17.8 Å². The Morgan fingerprint density at radius 3 is 2.59 bits per heavy atom. The quantitative estimate of drug-likeness (QED) is 0.724. The normalized spacial score (nSPS) is 16.0. The van der Waals surface area contributed by atoms with Crippen molar-refractivity contribution in [2.75, 3.05) is 5.32 Å². The highest BCUT2D eigenvalue weighted by atomic mass is 35.5. The molecular weight excluding hydrogens is 369 g/mol. The SMILES string of the molecule is CC1=C(C(N)=O)[C@H](c2ccccc2F)n2nc(-c3ccc(Cl)cc3)nc2N1. The maximum atomic E-state index is 14.5. The molecule has 2 aromatic carbocycles. The largest absolute Gasteiger partial charge is 0.366 e. The summed E-state index contributed by atoms with van der Waals surface area (Å²) in [5.41, 5.74) is 7.38. The molecule has 0 radical (unpaired) electrons. The second-order valence-electron chi connectivity index (χ2n) is 6.16. The van der Waals surface area contributed by atoms with Crippen molar-refractivity contribution in [2.24, 2.45) is 5.73 Å². The maximum Gasteiger partial charge on any atom is 0.248 e. The number of fused-ring (bicyclic) bond motifs is 1. The van der Waals surface area contributed by atoms with Gasteiger partial charge in [0.2, 0.25) is 11.9 Å². The van der Waals surface area contributed by atoms with E-state index in [0.717, 1.165) is 5.56 Å². The number of hydrogen-bond acceptors (Lipinski definition) is 4. The maximum absolute atomic E-state index is 14.5. The van der Waals surface area contributed by atoms with E-state index in [9.17, 15) is 9.18 Å². The standard InChI is InChI=1S/C19H15ClFN5O/c1-10-15(17(22)27)16(13-4-2-3-5-14(13)21)26-19(23-10)24-18(25-26)11-6-8-12(20)9-7-11/h2-9,16H,1H3,(H2,22,27)(H,23,24,25)/t16-/m0/s1. The van der Waals surface area contributed by atoms with Gasteiger partial charge in [0, 0.05) is 21.8 Å². The second-order valence-corrected chi connectivity index (χ2v) is 6.60. The van der Waals surface area contributed by atoms with E-state index in [1.807, 2.05) is 0 Å². The average Bonchev–Trinajstić information content (AvgIpc) is 3.05. The van der Waals surface area contributed by atoms with E-state index in [0.29, 0.717) is 28.1 Å². The number of rotatable bonds is 3. The number of carbonyl (C=O) groups is 1. The van der Waals surface area contributed by atoms with Crippen LogP contribution >= 0.6 is 11.6 Å². The smallest absolute Gasteiger partial charge is 0.248 e. The van der Waals surface area contributed by atoms with Gasteiger partial charge in [0.05, 0.1) is 5.57 Å². The van der Waals surface area contributed by atoms with Gasteiger partial charge < -0.3 is 11.1 Å². The van der Waals surface area contributed by atoms with Crippen molar-refractivity contribution < 1.29 is 9.18 Å². The highest BCUT2D eigenvalue weighted by Crippen LogP contribution is 2.37. The Hall–Kier alpha value is -3.19. The van der Waals surface area contributed by atoms with Crippen molar-refractivity contribution in [1.82, 2.24) is 14.8 Å². The van der Waals surface area contributed by atoms with Crippen LogP contribution in [0.3, 0.4) is 0 Å². The Balaban J connectivity index is 1.90. The van der Waals surface area contributed by atoms with Crippen LogP contribution in [0.4, 0.5) is 10.3 Å². The lowest BCUT2D eigenvalue weighted by molar-refractivity contribution is -0.115. The van der Waals surface area contributed by atoms with Crippen LogP contribution in [0.15, 0.2) is 59.8 Å². The topological polar surface area (TPSA) is 85.8 Å². The molecule has 1 atom stereocenters. The van der Waals surface area contributed by atoms with Gasteiger partial charge in [-0.25, -0.2) is 9.07 Å². The van der Waals surface area contributed by atoms with Gasteiger partial charge in [-0.2, -0.15) is 4.98 Å². The number of carbonyl (C=O) groups excluding carboxylic acids is 1. The molecule has 6 nitrogen and oxygen atoms in total. The van der Waals surface area contributed by atoms with Crippen molar-refractivity contribution >= 4 is 23.5 Å². The molecular formula is C19H15ClFN5O. The van der Waals surface area contributed by atoms with Gasteiger partial charge in [0.15, 0.2) is 5.82 Å². The first-order valence-electron chi connectivity index (χ1n) is 8.20. The summed E-state index contributed by atoms with van der Waals surface area (Å²) in [7, 11) is 0. The molecule has 8 heteroatoms. The molecule has 0 unspecified atom stereocenters. The van der Waals surface area contributed by atoms with Crippen molar-refractivity contribution in [3.05, 3.63) is 76.2 Å². The van der Waals surface area contributed by atoms with Gasteiger partial charge in [-0.3, -0.25) is 4.79 Å². The Morgan fingerprint density at radius 2 is 1.93 bits per heavy atom. The number of benzene rings is 2. The first kappa shape index (κ1) is 17.2. The molecule has 4 rings (SSSR count). The van der Waals surface area contributed by atoms with Crippen LogP contribution in [0.1, 0.15) is 18.5 Å². The highest BCUT2D eigenvalue weighted by molar-refractivity contribution is 6.30. The zero-order chi connectivity index (χ0) is 19.1. The molecule has 1 aromatic heterocycles. The molecule has 27 heavy (non-hydrogen) atoms. The molecule has 3 aromatic rings. The van der Waals surface area contributed by atoms with Crippen LogP contribution in [0.25, 0.3) is 11.4 Å². The van der Waals surface area contributed by atoms with Crippen LogP contribution in [0.5, 0.6) is 0 Å². The van der Waals surface area contributed by atoms with Gasteiger partial charge in [0.25, 0.3) is 0 Å². The van der Waals surface area contributed by atoms with Crippen molar-refractivity contribution in [3.8, 4) is 11.4 Å². The van der Waals surface area contributed by atoms with Gasteiger partial charge >= 0.3 is 0 Å². The van der Waals surface area contributed by atoms with E-state index in [1.165, 1.54) is 10.7 Å².